The highest BCUT2D eigenvalue weighted by molar-refractivity contribution is 5.92. The van der Waals surface area contributed by atoms with Gasteiger partial charge in [0.2, 0.25) is 0 Å². The van der Waals surface area contributed by atoms with Gasteiger partial charge in [-0.25, -0.2) is 4.79 Å². The lowest BCUT2D eigenvalue weighted by Gasteiger charge is -2.29. The van der Waals surface area contributed by atoms with E-state index in [2.05, 4.69) is 10.2 Å². The van der Waals surface area contributed by atoms with Gasteiger partial charge < -0.3 is 10.1 Å². The van der Waals surface area contributed by atoms with Crippen LogP contribution in [-0.4, -0.2) is 58.8 Å². The van der Waals surface area contributed by atoms with Crippen molar-refractivity contribution in [2.24, 2.45) is 14.1 Å². The van der Waals surface area contributed by atoms with Crippen LogP contribution in [0.4, 0.5) is 0 Å². The van der Waals surface area contributed by atoms with Gasteiger partial charge in [-0.2, -0.15) is 0 Å². The lowest BCUT2D eigenvalue weighted by molar-refractivity contribution is 0.0342. The lowest BCUT2D eigenvalue weighted by atomic mass is 10.2. The number of carbonyl (C=O) groups excluding carboxylic acids is 1. The molecule has 1 amide bonds. The average molecular weight is 310 g/mol. The van der Waals surface area contributed by atoms with E-state index in [0.29, 0.717) is 19.8 Å². The molecule has 1 aliphatic rings. The highest BCUT2D eigenvalue weighted by Crippen LogP contribution is 1.99. The minimum atomic E-state index is -0.515. The molecule has 0 aliphatic carbocycles. The van der Waals surface area contributed by atoms with E-state index in [4.69, 9.17) is 4.74 Å². The van der Waals surface area contributed by atoms with E-state index in [9.17, 15) is 14.4 Å². The predicted octanol–water partition coefficient (Wildman–Crippen LogP) is -1.47. The number of carbonyl (C=O) groups is 1. The third-order valence-electron chi connectivity index (χ3n) is 3.77. The summed E-state index contributed by atoms with van der Waals surface area (Å²) in [6, 6.07) is 1.09. The van der Waals surface area contributed by atoms with E-state index in [1.165, 1.54) is 24.7 Å². The van der Waals surface area contributed by atoms with Crippen LogP contribution in [0.15, 0.2) is 15.7 Å². The van der Waals surface area contributed by atoms with Crippen molar-refractivity contribution in [3.63, 3.8) is 0 Å². The van der Waals surface area contributed by atoms with Crippen molar-refractivity contribution in [3.8, 4) is 0 Å². The molecule has 1 aliphatic heterocycles. The van der Waals surface area contributed by atoms with Crippen LogP contribution in [0.3, 0.4) is 0 Å². The highest BCUT2D eigenvalue weighted by Gasteiger charge is 2.18. The van der Waals surface area contributed by atoms with E-state index in [1.54, 1.807) is 0 Å². The van der Waals surface area contributed by atoms with Gasteiger partial charge in [0.15, 0.2) is 0 Å². The third-order valence-corrected chi connectivity index (χ3v) is 3.77. The number of hydrogen-bond donors (Lipinski definition) is 1. The van der Waals surface area contributed by atoms with Gasteiger partial charge in [-0.3, -0.25) is 23.6 Å². The number of nitrogens with one attached hydrogen (secondary N) is 1. The van der Waals surface area contributed by atoms with E-state index < -0.39 is 17.2 Å². The Bertz CT molecular complexity index is 658. The van der Waals surface area contributed by atoms with Gasteiger partial charge in [0.05, 0.1) is 13.2 Å². The first-order chi connectivity index (χ1) is 10.4. The number of morpholine rings is 1. The summed E-state index contributed by atoms with van der Waals surface area (Å²) in [4.78, 5) is 38.0. The first-order valence-electron chi connectivity index (χ1n) is 7.28. The molecular weight excluding hydrogens is 288 g/mol. The average Bonchev–Trinajstić information content (AvgIpc) is 2.49. The summed E-state index contributed by atoms with van der Waals surface area (Å²) in [5, 5.41) is 2.83. The van der Waals surface area contributed by atoms with Crippen molar-refractivity contribution < 1.29 is 9.53 Å². The number of aromatic nitrogens is 2. The van der Waals surface area contributed by atoms with E-state index >= 15 is 0 Å². The summed E-state index contributed by atoms with van der Waals surface area (Å²) < 4.78 is 7.43. The summed E-state index contributed by atoms with van der Waals surface area (Å²) in [6.45, 7) is 5.67. The first-order valence-corrected chi connectivity index (χ1v) is 7.28. The number of ether oxygens (including phenoxy) is 1. The van der Waals surface area contributed by atoms with Crippen molar-refractivity contribution in [1.82, 2.24) is 19.4 Å². The lowest BCUT2D eigenvalue weighted by Crippen LogP contribution is -2.47. The fourth-order valence-corrected chi connectivity index (χ4v) is 2.47. The minimum absolute atomic E-state index is 0.0712. The molecule has 122 valence electrons. The number of rotatable bonds is 4. The monoisotopic (exact) mass is 310 g/mol. The zero-order chi connectivity index (χ0) is 16.3. The maximum absolute atomic E-state index is 12.3. The fourth-order valence-electron chi connectivity index (χ4n) is 2.47. The molecule has 8 heteroatoms. The van der Waals surface area contributed by atoms with Gasteiger partial charge in [0.1, 0.15) is 5.69 Å². The molecular formula is C14H22N4O4. The molecule has 0 spiro atoms. The summed E-state index contributed by atoms with van der Waals surface area (Å²) in [7, 11) is 2.86. The van der Waals surface area contributed by atoms with Crippen LogP contribution in [0.5, 0.6) is 0 Å². The second-order valence-electron chi connectivity index (χ2n) is 5.56. The summed E-state index contributed by atoms with van der Waals surface area (Å²) in [6.07, 6.45) is 0. The molecule has 1 aromatic rings. The molecule has 2 rings (SSSR count). The van der Waals surface area contributed by atoms with E-state index in [0.717, 1.165) is 17.7 Å². The molecule has 1 N–H and O–H groups in total. The third kappa shape index (κ3) is 3.63. The first kappa shape index (κ1) is 16.4. The second-order valence-corrected chi connectivity index (χ2v) is 5.56. The van der Waals surface area contributed by atoms with E-state index in [1.807, 2.05) is 6.92 Å². The van der Waals surface area contributed by atoms with Crippen LogP contribution >= 0.6 is 0 Å². The number of nitrogens with zero attached hydrogens (tertiary/aromatic N) is 3. The normalized spacial score (nSPS) is 17.2. The van der Waals surface area contributed by atoms with Gasteiger partial charge in [-0.15, -0.1) is 0 Å². The molecule has 1 fully saturated rings. The van der Waals surface area contributed by atoms with Crippen molar-refractivity contribution in [1.29, 1.82) is 0 Å². The molecule has 8 nitrogen and oxygen atoms in total. The summed E-state index contributed by atoms with van der Waals surface area (Å²) >= 11 is 0. The van der Waals surface area contributed by atoms with Crippen LogP contribution in [0, 0.1) is 0 Å². The Labute approximate surface area is 128 Å². The molecule has 0 aromatic carbocycles. The fraction of sp³-hybridized carbons (Fsp3) is 0.643. The molecule has 0 bridgehead atoms. The zero-order valence-electron chi connectivity index (χ0n) is 13.2. The number of amides is 1. The predicted molar refractivity (Wildman–Crippen MR) is 81.1 cm³/mol. The van der Waals surface area contributed by atoms with Crippen LogP contribution in [-0.2, 0) is 18.8 Å². The second kappa shape index (κ2) is 6.89. The van der Waals surface area contributed by atoms with Crippen LogP contribution in [0.2, 0.25) is 0 Å². The van der Waals surface area contributed by atoms with Crippen molar-refractivity contribution in [2.45, 2.75) is 13.0 Å². The molecule has 1 aromatic heterocycles. The quantitative estimate of drug-likeness (QED) is 0.734. The smallest absolute Gasteiger partial charge is 0.331 e. The molecule has 22 heavy (non-hydrogen) atoms. The molecule has 0 unspecified atom stereocenters. The Hall–Kier alpha value is -1.93. The summed E-state index contributed by atoms with van der Waals surface area (Å²) in [5.41, 5.74) is -0.936. The molecule has 0 saturated carbocycles. The Kier molecular flexibility index (Phi) is 5.15. The van der Waals surface area contributed by atoms with Gasteiger partial charge in [-0.05, 0) is 6.92 Å². The minimum Gasteiger partial charge on any atom is -0.379 e. The van der Waals surface area contributed by atoms with Gasteiger partial charge in [0.25, 0.3) is 11.5 Å². The Morgan fingerprint density at radius 1 is 1.27 bits per heavy atom. The Balaban J connectivity index is 2.06. The van der Waals surface area contributed by atoms with Crippen molar-refractivity contribution >= 4 is 5.91 Å². The highest BCUT2D eigenvalue weighted by atomic mass is 16.5. The molecule has 1 saturated heterocycles. The molecule has 1 atom stereocenters. The van der Waals surface area contributed by atoms with Crippen LogP contribution in [0.1, 0.15) is 17.4 Å². The largest absolute Gasteiger partial charge is 0.379 e. The maximum Gasteiger partial charge on any atom is 0.331 e. The van der Waals surface area contributed by atoms with Crippen LogP contribution < -0.4 is 16.6 Å². The van der Waals surface area contributed by atoms with Gasteiger partial charge in [0, 0.05) is 45.8 Å². The zero-order valence-corrected chi connectivity index (χ0v) is 13.2. The van der Waals surface area contributed by atoms with Gasteiger partial charge >= 0.3 is 5.69 Å². The maximum atomic E-state index is 12.3. The van der Waals surface area contributed by atoms with Crippen LogP contribution in [0.25, 0.3) is 0 Å². The van der Waals surface area contributed by atoms with Crippen molar-refractivity contribution in [2.75, 3.05) is 32.8 Å². The van der Waals surface area contributed by atoms with Gasteiger partial charge in [-0.1, -0.05) is 0 Å². The Morgan fingerprint density at radius 3 is 2.55 bits per heavy atom. The standard InChI is InChI=1S/C14H22N4O4/c1-10(9-18-4-6-22-7-5-18)15-13(20)11-8-12(19)17(3)14(21)16(11)2/h8,10H,4-7,9H2,1-3H3,(H,15,20)/t10-/m0/s1. The topological polar surface area (TPSA) is 85.6 Å². The van der Waals surface area contributed by atoms with E-state index in [-0.39, 0.29) is 11.7 Å². The Morgan fingerprint density at radius 2 is 1.91 bits per heavy atom. The molecule has 0 radical (unpaired) electrons. The number of hydrogen-bond acceptors (Lipinski definition) is 5. The summed E-state index contributed by atoms with van der Waals surface area (Å²) in [5.74, 6) is -0.418. The molecule has 2 heterocycles. The van der Waals surface area contributed by atoms with Crippen molar-refractivity contribution in [3.05, 3.63) is 32.6 Å². The SMILES string of the molecule is C[C@@H](CN1CCOCC1)NC(=O)c1cc(=O)n(C)c(=O)n1C.